The van der Waals surface area contributed by atoms with Crippen LogP contribution in [0.4, 0.5) is 0 Å². The number of amides is 2. The molecule has 0 saturated carbocycles. The highest BCUT2D eigenvalue weighted by Crippen LogP contribution is 2.57. The SMILES string of the molecule is C[C@]12C=CCCOC(=O)[C@H]1[C@H]1C(=O)N(CCCCCCO)C3C(=O)N(Cn4nnc5ccccc54)CC=C[C@@]31O2. The third-order valence-corrected chi connectivity index (χ3v) is 8.64. The van der Waals surface area contributed by atoms with E-state index in [1.165, 1.54) is 0 Å². The predicted octanol–water partition coefficient (Wildman–Crippen LogP) is 1.81. The largest absolute Gasteiger partial charge is 0.465 e. The van der Waals surface area contributed by atoms with E-state index in [4.69, 9.17) is 14.6 Å². The molecule has 1 spiro atoms. The van der Waals surface area contributed by atoms with Crippen LogP contribution in [0.2, 0.25) is 0 Å². The molecule has 2 amide bonds. The Morgan fingerprint density at radius 2 is 1.85 bits per heavy atom. The topological polar surface area (TPSA) is 127 Å². The third kappa shape index (κ3) is 4.23. The van der Waals surface area contributed by atoms with Crippen LogP contribution < -0.4 is 0 Å². The zero-order valence-electron chi connectivity index (χ0n) is 22.6. The molecule has 1 N–H and O–H groups in total. The lowest BCUT2D eigenvalue weighted by molar-refractivity contribution is -0.160. The molecular weight excluding hydrogens is 514 g/mol. The standard InChI is InChI=1S/C29H35N5O6/c1-28-13-6-9-18-39-27(38)23(28)22-25(36)33(16-7-2-3-8-17-35)24-26(37)32(15-10-14-29(22,24)40-28)19-34-21-12-5-4-11-20(21)30-31-34/h4-6,10-14,22-24,35H,2-3,7-9,15-19H2,1H3/t22-,23+,24?,28-,29-/m0/s1. The number of carbonyl (C=O) groups excluding carboxylic acids is 3. The number of carbonyl (C=O) groups is 3. The lowest BCUT2D eigenvalue weighted by Gasteiger charge is -2.37. The Labute approximate surface area is 232 Å². The number of para-hydroxylation sites is 1. The van der Waals surface area contributed by atoms with Gasteiger partial charge in [-0.05, 0) is 38.3 Å². The summed E-state index contributed by atoms with van der Waals surface area (Å²) in [4.78, 5) is 45.3. The molecule has 40 heavy (non-hydrogen) atoms. The second kappa shape index (κ2) is 10.4. The number of esters is 1. The van der Waals surface area contributed by atoms with Gasteiger partial charge in [0.05, 0.1) is 23.6 Å². The first-order valence-corrected chi connectivity index (χ1v) is 14.1. The number of likely N-dealkylation sites (tertiary alicyclic amines) is 1. The Morgan fingerprint density at radius 3 is 2.70 bits per heavy atom. The molecule has 0 radical (unpaired) electrons. The van der Waals surface area contributed by atoms with Gasteiger partial charge >= 0.3 is 5.97 Å². The molecule has 2 fully saturated rings. The number of aromatic nitrogens is 3. The van der Waals surface area contributed by atoms with Crippen LogP contribution in [0.15, 0.2) is 48.6 Å². The van der Waals surface area contributed by atoms with E-state index < -0.39 is 35.0 Å². The number of hydrogen-bond donors (Lipinski definition) is 1. The van der Waals surface area contributed by atoms with Crippen molar-refractivity contribution in [3.8, 4) is 0 Å². The second-order valence-electron chi connectivity index (χ2n) is 11.2. The molecule has 1 unspecified atom stereocenters. The van der Waals surface area contributed by atoms with E-state index in [1.807, 2.05) is 48.6 Å². The van der Waals surface area contributed by atoms with Crippen molar-refractivity contribution >= 4 is 28.8 Å². The molecule has 5 atom stereocenters. The Hall–Kier alpha value is -3.57. The van der Waals surface area contributed by atoms with Crippen LogP contribution >= 0.6 is 0 Å². The number of nitrogens with zero attached hydrogens (tertiary/aromatic N) is 5. The van der Waals surface area contributed by atoms with Crippen molar-refractivity contribution in [2.45, 2.75) is 62.9 Å². The monoisotopic (exact) mass is 549 g/mol. The predicted molar refractivity (Wildman–Crippen MR) is 143 cm³/mol. The molecule has 1 aromatic carbocycles. The number of hydrogen-bond acceptors (Lipinski definition) is 8. The summed E-state index contributed by atoms with van der Waals surface area (Å²) in [6.07, 6.45) is 11.0. The van der Waals surface area contributed by atoms with E-state index in [0.717, 1.165) is 23.9 Å². The van der Waals surface area contributed by atoms with Crippen LogP contribution in [0.3, 0.4) is 0 Å². The van der Waals surface area contributed by atoms with Gasteiger partial charge in [0.1, 0.15) is 29.7 Å². The first-order chi connectivity index (χ1) is 19.4. The summed E-state index contributed by atoms with van der Waals surface area (Å²) in [6.45, 7) is 2.96. The highest BCUT2D eigenvalue weighted by atomic mass is 16.6. The number of ether oxygens (including phenoxy) is 2. The van der Waals surface area contributed by atoms with Gasteiger partial charge in [-0.25, -0.2) is 4.68 Å². The van der Waals surface area contributed by atoms with Crippen molar-refractivity contribution in [2.75, 3.05) is 26.3 Å². The Morgan fingerprint density at radius 1 is 1.02 bits per heavy atom. The van der Waals surface area contributed by atoms with Gasteiger partial charge in [0, 0.05) is 19.7 Å². The maximum absolute atomic E-state index is 14.4. The van der Waals surface area contributed by atoms with Gasteiger partial charge in [0.15, 0.2) is 0 Å². The van der Waals surface area contributed by atoms with E-state index in [0.29, 0.717) is 32.4 Å². The van der Waals surface area contributed by atoms with Crippen molar-refractivity contribution in [1.82, 2.24) is 24.8 Å². The number of aliphatic hydroxyl groups excluding tert-OH is 1. The number of cyclic esters (lactones) is 1. The van der Waals surface area contributed by atoms with Gasteiger partial charge in [0.2, 0.25) is 5.91 Å². The van der Waals surface area contributed by atoms with E-state index in [1.54, 1.807) is 21.4 Å². The van der Waals surface area contributed by atoms with Crippen molar-refractivity contribution in [1.29, 1.82) is 0 Å². The second-order valence-corrected chi connectivity index (χ2v) is 11.2. The van der Waals surface area contributed by atoms with Crippen LogP contribution in [0.25, 0.3) is 11.0 Å². The van der Waals surface area contributed by atoms with Crippen LogP contribution in [0.1, 0.15) is 39.0 Å². The molecule has 4 aliphatic heterocycles. The highest BCUT2D eigenvalue weighted by molar-refractivity contribution is 5.99. The quantitative estimate of drug-likeness (QED) is 0.300. The molecule has 212 valence electrons. The first kappa shape index (κ1) is 26.6. The maximum Gasteiger partial charge on any atom is 0.313 e. The summed E-state index contributed by atoms with van der Waals surface area (Å²) in [7, 11) is 0. The number of fused-ring (bicyclic) bond motifs is 3. The van der Waals surface area contributed by atoms with Crippen molar-refractivity contribution in [2.24, 2.45) is 11.8 Å². The van der Waals surface area contributed by atoms with Crippen molar-refractivity contribution in [3.05, 3.63) is 48.6 Å². The Bertz CT molecular complexity index is 1370. The average Bonchev–Trinajstić information content (AvgIpc) is 3.49. The fraction of sp³-hybridized carbons (Fsp3) is 0.552. The van der Waals surface area contributed by atoms with E-state index in [2.05, 4.69) is 10.3 Å². The summed E-state index contributed by atoms with van der Waals surface area (Å²) in [6, 6.07) is 6.60. The van der Waals surface area contributed by atoms with Gasteiger partial charge in [-0.15, -0.1) is 5.10 Å². The molecule has 0 aliphatic carbocycles. The van der Waals surface area contributed by atoms with Gasteiger partial charge in [-0.1, -0.05) is 54.5 Å². The fourth-order valence-corrected chi connectivity index (χ4v) is 6.83. The average molecular weight is 550 g/mol. The van der Waals surface area contributed by atoms with Gasteiger partial charge in [0.25, 0.3) is 5.91 Å². The van der Waals surface area contributed by atoms with Crippen LogP contribution in [-0.2, 0) is 30.5 Å². The molecule has 2 aromatic rings. The van der Waals surface area contributed by atoms with Gasteiger partial charge in [-0.3, -0.25) is 14.4 Å². The summed E-state index contributed by atoms with van der Waals surface area (Å²) in [5.41, 5.74) is -0.877. The summed E-state index contributed by atoms with van der Waals surface area (Å²) in [5, 5.41) is 17.6. The lowest BCUT2D eigenvalue weighted by Crippen LogP contribution is -2.56. The number of rotatable bonds is 8. The third-order valence-electron chi connectivity index (χ3n) is 8.64. The smallest absolute Gasteiger partial charge is 0.313 e. The van der Waals surface area contributed by atoms with Crippen LogP contribution in [0.5, 0.6) is 0 Å². The zero-order chi connectivity index (χ0) is 27.9. The minimum Gasteiger partial charge on any atom is -0.465 e. The molecule has 4 aliphatic rings. The maximum atomic E-state index is 14.4. The lowest BCUT2D eigenvalue weighted by atomic mass is 9.74. The molecule has 2 saturated heterocycles. The fourth-order valence-electron chi connectivity index (χ4n) is 6.83. The highest BCUT2D eigenvalue weighted by Gasteiger charge is 2.74. The number of benzene rings is 1. The van der Waals surface area contributed by atoms with E-state index in [9.17, 15) is 14.4 Å². The van der Waals surface area contributed by atoms with E-state index in [-0.39, 0.29) is 31.7 Å². The minimum absolute atomic E-state index is 0.120. The molecule has 5 heterocycles. The van der Waals surface area contributed by atoms with Gasteiger partial charge in [-0.2, -0.15) is 0 Å². The summed E-state index contributed by atoms with van der Waals surface area (Å²) in [5.74, 6) is -2.75. The number of unbranched alkanes of at least 4 members (excludes halogenated alkanes) is 3. The van der Waals surface area contributed by atoms with Crippen LogP contribution in [-0.4, -0.2) is 91.2 Å². The van der Waals surface area contributed by atoms with Crippen molar-refractivity contribution in [3.63, 3.8) is 0 Å². The molecule has 11 heteroatoms. The van der Waals surface area contributed by atoms with Crippen molar-refractivity contribution < 1.29 is 29.0 Å². The van der Waals surface area contributed by atoms with Crippen LogP contribution in [0, 0.1) is 11.8 Å². The minimum atomic E-state index is -1.31. The summed E-state index contributed by atoms with van der Waals surface area (Å²) < 4.78 is 14.0. The first-order valence-electron chi connectivity index (χ1n) is 14.1. The molecule has 1 aromatic heterocycles. The molecule has 11 nitrogen and oxygen atoms in total. The Balaban J connectivity index is 1.37. The molecule has 6 rings (SSSR count). The van der Waals surface area contributed by atoms with Gasteiger partial charge < -0.3 is 24.4 Å². The molecule has 0 bridgehead atoms. The zero-order valence-corrected chi connectivity index (χ0v) is 22.6. The van der Waals surface area contributed by atoms with E-state index >= 15 is 0 Å². The molecular formula is C29H35N5O6. The number of aliphatic hydroxyl groups is 1. The normalized spacial score (nSPS) is 31.6. The Kier molecular flexibility index (Phi) is 6.95. The summed E-state index contributed by atoms with van der Waals surface area (Å²) >= 11 is 0.